The van der Waals surface area contributed by atoms with E-state index < -0.39 is 48.8 Å². The van der Waals surface area contributed by atoms with Crippen molar-refractivity contribution in [2.75, 3.05) is 0 Å². The van der Waals surface area contributed by atoms with Gasteiger partial charge in [-0.1, -0.05) is 103 Å². The number of hydrogen-bond acceptors (Lipinski definition) is 4. The predicted octanol–water partition coefficient (Wildman–Crippen LogP) is 14.3. The lowest BCUT2D eigenvalue weighted by atomic mass is 9.86. The predicted molar refractivity (Wildman–Crippen MR) is 258 cm³/mol. The molecule has 67 heavy (non-hydrogen) atoms. The minimum atomic E-state index is -3.02. The Morgan fingerprint density at radius 1 is 0.433 bits per heavy atom. The molecule has 0 spiro atoms. The topological polar surface area (TPSA) is 56.0 Å². The average Bonchev–Trinajstić information content (AvgIpc) is 3.92. The highest BCUT2D eigenvalue weighted by atomic mass is 19.1. The van der Waals surface area contributed by atoms with E-state index >= 15 is 0 Å². The average molecular weight is 890 g/mol. The van der Waals surface area contributed by atoms with Crippen molar-refractivity contribution in [3.05, 3.63) is 234 Å². The molecule has 0 aliphatic carbocycles. The highest BCUT2D eigenvalue weighted by Crippen LogP contribution is 2.44. The Hall–Kier alpha value is -8.30. The largest absolute Gasteiger partial charge is 0.256 e. The molecule has 0 aliphatic heterocycles. The molecule has 0 atom stereocenters. The molecular weight excluding hydrogens is 843 g/mol. The molecule has 0 saturated carbocycles. The van der Waals surface area contributed by atoms with Crippen LogP contribution in [0.4, 0.5) is 17.6 Å². The molecule has 0 unspecified atom stereocenters. The first-order valence-corrected chi connectivity index (χ1v) is 21.2. The number of aromatic nitrogens is 5. The van der Waals surface area contributed by atoms with E-state index in [1.165, 1.54) is 48.5 Å². The number of hydrogen-bond donors (Lipinski definition) is 0. The van der Waals surface area contributed by atoms with Gasteiger partial charge in [0.25, 0.3) is 0 Å². The summed E-state index contributed by atoms with van der Waals surface area (Å²) < 4.78 is 135. The Morgan fingerprint density at radius 3 is 1.63 bits per heavy atom. The fraction of sp³-hybridized carbons (Fsp3) is 0.0690. The molecule has 324 valence electrons. The maximum atomic E-state index is 14.8. The summed E-state index contributed by atoms with van der Waals surface area (Å²) in [6.45, 7) is 0. The van der Waals surface area contributed by atoms with E-state index in [-0.39, 0.29) is 50.3 Å². The SMILES string of the molecule is [2H]C([2H])(c1ccc(-c2ccc(F)cc2F)nc1)C([2H])([2H])c1cc(-c2ccccc2-c2cnc3c4ccccc4n4nccc4c3c2-c2ccccc2)cc(C([2H])([2H])C([2H])([2H])c2ccc(-c3ccc(F)cc3F)nc2)c1. The minimum Gasteiger partial charge on any atom is -0.256 e. The summed E-state index contributed by atoms with van der Waals surface area (Å²) >= 11 is 0. The van der Waals surface area contributed by atoms with E-state index in [2.05, 4.69) is 9.97 Å². The van der Waals surface area contributed by atoms with Crippen LogP contribution in [0.15, 0.2) is 189 Å². The molecular formula is C58H39F4N5. The van der Waals surface area contributed by atoms with Crippen LogP contribution in [0.2, 0.25) is 0 Å². The zero-order valence-corrected chi connectivity index (χ0v) is 35.1. The van der Waals surface area contributed by atoms with Gasteiger partial charge in [0.15, 0.2) is 0 Å². The second-order valence-electron chi connectivity index (χ2n) is 15.7. The summed E-state index contributed by atoms with van der Waals surface area (Å²) in [5.41, 5.74) is 4.50. The first kappa shape index (κ1) is 33.2. The van der Waals surface area contributed by atoms with Crippen molar-refractivity contribution < 1.29 is 28.5 Å². The Morgan fingerprint density at radius 2 is 1.01 bits per heavy atom. The van der Waals surface area contributed by atoms with Crippen LogP contribution in [0, 0.1) is 23.3 Å². The van der Waals surface area contributed by atoms with Gasteiger partial charge in [-0.3, -0.25) is 15.0 Å². The second kappa shape index (κ2) is 17.6. The van der Waals surface area contributed by atoms with Gasteiger partial charge in [0.05, 0.1) is 34.1 Å². The summed E-state index contributed by atoms with van der Waals surface area (Å²) in [5, 5.41) is 6.33. The van der Waals surface area contributed by atoms with Gasteiger partial charge in [0, 0.05) is 74.7 Å². The van der Waals surface area contributed by atoms with Gasteiger partial charge in [-0.2, -0.15) is 5.10 Å². The molecule has 0 fully saturated rings. The standard InChI is InChI=1S/C58H39F4N5/c59-42-20-22-46(50(61)31-42)52-24-18-36(33-63-52)14-16-38-28-39(17-15-37-19-25-53(64-34-37)47-23-21-43(60)32-51(47)62)30-41(29-38)44-10-4-5-11-45(44)49-35-65-58-48-12-6-7-13-54(48)67-55(26-27-66-67)57(58)56(49)40-8-2-1-3-9-40/h1-13,18-35H,14-17H2/i14D2,15D2,16D2,17D2. The van der Waals surface area contributed by atoms with Gasteiger partial charge in [-0.15, -0.1) is 0 Å². The summed E-state index contributed by atoms with van der Waals surface area (Å²) in [4.78, 5) is 13.6. The Balaban J connectivity index is 1.11. The van der Waals surface area contributed by atoms with E-state index in [9.17, 15) is 28.5 Å². The third kappa shape index (κ3) is 8.10. The molecule has 0 N–H and O–H groups in total. The molecule has 0 aliphatic rings. The first-order chi connectivity index (χ1) is 35.9. The molecule has 5 aromatic heterocycles. The van der Waals surface area contributed by atoms with E-state index in [4.69, 9.17) is 10.1 Å². The molecule has 6 aromatic carbocycles. The fourth-order valence-corrected chi connectivity index (χ4v) is 8.45. The maximum Gasteiger partial charge on any atom is 0.135 e. The van der Waals surface area contributed by atoms with Gasteiger partial charge < -0.3 is 0 Å². The van der Waals surface area contributed by atoms with E-state index in [0.29, 0.717) is 34.3 Å². The maximum absolute atomic E-state index is 14.8. The van der Waals surface area contributed by atoms with Crippen LogP contribution in [-0.2, 0) is 25.5 Å². The first-order valence-electron chi connectivity index (χ1n) is 25.2. The van der Waals surface area contributed by atoms with Crippen LogP contribution in [0.25, 0.3) is 83.2 Å². The van der Waals surface area contributed by atoms with Gasteiger partial charge in [0.1, 0.15) is 23.3 Å². The number of para-hydroxylation sites is 1. The minimum absolute atomic E-state index is 0.0365. The Labute approximate surface area is 395 Å². The lowest BCUT2D eigenvalue weighted by Gasteiger charge is -2.19. The molecule has 5 nitrogen and oxygen atoms in total. The van der Waals surface area contributed by atoms with Crippen LogP contribution in [0.3, 0.4) is 0 Å². The van der Waals surface area contributed by atoms with Gasteiger partial charge in [-0.25, -0.2) is 22.1 Å². The molecule has 0 radical (unpaired) electrons. The van der Waals surface area contributed by atoms with Crippen LogP contribution >= 0.6 is 0 Å². The van der Waals surface area contributed by atoms with Crippen molar-refractivity contribution in [1.29, 1.82) is 0 Å². The lowest BCUT2D eigenvalue weighted by molar-refractivity contribution is 0.584. The quantitative estimate of drug-likeness (QED) is 0.0959. The molecule has 11 aromatic rings. The van der Waals surface area contributed by atoms with Gasteiger partial charge >= 0.3 is 0 Å². The van der Waals surface area contributed by atoms with Crippen molar-refractivity contribution in [2.45, 2.75) is 25.5 Å². The number of nitrogens with zero attached hydrogens (tertiary/aromatic N) is 5. The number of halogens is 4. The fourth-order valence-electron chi connectivity index (χ4n) is 8.45. The van der Waals surface area contributed by atoms with Gasteiger partial charge in [0.2, 0.25) is 0 Å². The van der Waals surface area contributed by atoms with Crippen LogP contribution in [-0.4, -0.2) is 24.6 Å². The van der Waals surface area contributed by atoms with Crippen molar-refractivity contribution in [1.82, 2.24) is 24.6 Å². The number of rotatable bonds is 11. The van der Waals surface area contributed by atoms with E-state index in [1.807, 2.05) is 77.3 Å². The third-order valence-electron chi connectivity index (χ3n) is 11.5. The summed E-state index contributed by atoms with van der Waals surface area (Å²) in [7, 11) is 0. The monoisotopic (exact) mass is 889 g/mol. The van der Waals surface area contributed by atoms with Crippen LogP contribution < -0.4 is 0 Å². The zero-order chi connectivity index (χ0) is 52.6. The smallest absolute Gasteiger partial charge is 0.135 e. The molecule has 0 saturated heterocycles. The molecule has 11 rings (SSSR count). The lowest BCUT2D eigenvalue weighted by Crippen LogP contribution is -2.00. The molecule has 0 bridgehead atoms. The Kier molecular flexibility index (Phi) is 8.72. The van der Waals surface area contributed by atoms with Crippen molar-refractivity contribution in [2.24, 2.45) is 0 Å². The molecule has 0 amide bonds. The highest BCUT2D eigenvalue weighted by Gasteiger charge is 2.21. The summed E-state index contributed by atoms with van der Waals surface area (Å²) in [5.74, 6) is -3.41. The van der Waals surface area contributed by atoms with Crippen molar-refractivity contribution in [3.8, 4) is 55.9 Å². The number of benzene rings is 6. The Bertz CT molecular complexity index is 3890. The number of fused-ring (bicyclic) bond motifs is 6. The van der Waals surface area contributed by atoms with E-state index in [0.717, 1.165) is 63.5 Å². The number of pyridine rings is 4. The van der Waals surface area contributed by atoms with Crippen molar-refractivity contribution >= 4 is 27.3 Å². The number of aryl methyl sites for hydroxylation is 4. The zero-order valence-electron chi connectivity index (χ0n) is 43.1. The van der Waals surface area contributed by atoms with Crippen molar-refractivity contribution in [3.63, 3.8) is 0 Å². The second-order valence-corrected chi connectivity index (χ2v) is 15.7. The van der Waals surface area contributed by atoms with Gasteiger partial charge in [-0.05, 0) is 119 Å². The molecule has 5 heterocycles. The summed E-state index contributed by atoms with van der Waals surface area (Å²) in [6.07, 6.45) is -6.31. The molecule has 9 heteroatoms. The highest BCUT2D eigenvalue weighted by molar-refractivity contribution is 6.18. The van der Waals surface area contributed by atoms with E-state index in [1.54, 1.807) is 24.5 Å². The normalized spacial score (nSPS) is 14.1. The van der Waals surface area contributed by atoms with Crippen LogP contribution in [0.5, 0.6) is 0 Å². The van der Waals surface area contributed by atoms with Crippen LogP contribution in [0.1, 0.15) is 33.2 Å². The summed E-state index contributed by atoms with van der Waals surface area (Å²) in [6, 6.07) is 41.4. The third-order valence-corrected chi connectivity index (χ3v) is 11.5.